The third-order valence-corrected chi connectivity index (χ3v) is 1.62. The minimum absolute atomic E-state index is 0.480. The van der Waals surface area contributed by atoms with E-state index in [1.54, 1.807) is 17.0 Å². The van der Waals surface area contributed by atoms with Crippen LogP contribution >= 0.6 is 0 Å². The zero-order chi connectivity index (χ0) is 8.55. The van der Waals surface area contributed by atoms with E-state index in [1.807, 2.05) is 13.1 Å². The fraction of sp³-hybridized carbons (Fsp3) is 0.143. The number of anilines is 1. The monoisotopic (exact) mass is 163 g/mol. The lowest BCUT2D eigenvalue weighted by Crippen LogP contribution is -1.97. The van der Waals surface area contributed by atoms with Crippen molar-refractivity contribution in [1.29, 1.82) is 0 Å². The summed E-state index contributed by atoms with van der Waals surface area (Å²) in [4.78, 5) is 4.07. The SMILES string of the molecule is Cc1cn(-c2cn[nH]c2)c(N)n1. The van der Waals surface area contributed by atoms with Gasteiger partial charge in [0.2, 0.25) is 5.95 Å². The standard InChI is InChI=1S/C7H9N5/c1-5-4-12(7(8)11-5)6-2-9-10-3-6/h2-4H,1H3,(H2,8,11)(H,9,10). The molecule has 0 aliphatic rings. The van der Waals surface area contributed by atoms with E-state index in [0.29, 0.717) is 5.95 Å². The van der Waals surface area contributed by atoms with Crippen LogP contribution in [0.1, 0.15) is 5.69 Å². The van der Waals surface area contributed by atoms with Crippen molar-refractivity contribution < 1.29 is 0 Å². The molecule has 2 heterocycles. The molecule has 62 valence electrons. The Labute approximate surface area is 69.2 Å². The third-order valence-electron chi connectivity index (χ3n) is 1.62. The molecule has 2 rings (SSSR count). The molecule has 0 saturated heterocycles. The summed E-state index contributed by atoms with van der Waals surface area (Å²) < 4.78 is 1.78. The maximum Gasteiger partial charge on any atom is 0.205 e. The summed E-state index contributed by atoms with van der Waals surface area (Å²) in [6.07, 6.45) is 5.31. The van der Waals surface area contributed by atoms with Gasteiger partial charge in [0, 0.05) is 12.4 Å². The molecular formula is C7H9N5. The highest BCUT2D eigenvalue weighted by Gasteiger charge is 2.03. The summed E-state index contributed by atoms with van der Waals surface area (Å²) in [6, 6.07) is 0. The number of nitrogens with zero attached hydrogens (tertiary/aromatic N) is 3. The van der Waals surface area contributed by atoms with Crippen LogP contribution in [0.15, 0.2) is 18.6 Å². The first-order valence-corrected chi connectivity index (χ1v) is 3.58. The highest BCUT2D eigenvalue weighted by atomic mass is 15.2. The molecule has 0 radical (unpaired) electrons. The number of aromatic nitrogens is 4. The molecule has 5 heteroatoms. The number of nitrogens with one attached hydrogen (secondary N) is 1. The minimum Gasteiger partial charge on any atom is -0.369 e. The molecule has 0 aliphatic carbocycles. The Hall–Kier alpha value is -1.78. The quantitative estimate of drug-likeness (QED) is 0.642. The van der Waals surface area contributed by atoms with E-state index in [2.05, 4.69) is 15.2 Å². The maximum absolute atomic E-state index is 5.64. The fourth-order valence-electron chi connectivity index (χ4n) is 1.10. The lowest BCUT2D eigenvalue weighted by molar-refractivity contribution is 1.08. The molecule has 5 nitrogen and oxygen atoms in total. The largest absolute Gasteiger partial charge is 0.369 e. The molecule has 0 aliphatic heterocycles. The average Bonchev–Trinajstić information content (AvgIpc) is 2.58. The van der Waals surface area contributed by atoms with E-state index >= 15 is 0 Å². The Bertz CT molecular complexity index is 372. The van der Waals surface area contributed by atoms with E-state index in [9.17, 15) is 0 Å². The number of hydrogen-bond donors (Lipinski definition) is 2. The highest BCUT2D eigenvalue weighted by Crippen LogP contribution is 2.11. The molecule has 2 aromatic rings. The van der Waals surface area contributed by atoms with Crippen LogP contribution in [0.25, 0.3) is 5.69 Å². The Balaban J connectivity index is 2.54. The van der Waals surface area contributed by atoms with Gasteiger partial charge in [0.25, 0.3) is 0 Å². The van der Waals surface area contributed by atoms with Gasteiger partial charge >= 0.3 is 0 Å². The molecule has 12 heavy (non-hydrogen) atoms. The number of aryl methyl sites for hydroxylation is 1. The molecule has 0 bridgehead atoms. The molecule has 0 amide bonds. The first kappa shape index (κ1) is 6.90. The van der Waals surface area contributed by atoms with Gasteiger partial charge in [-0.05, 0) is 6.92 Å². The lowest BCUT2D eigenvalue weighted by atomic mass is 10.5. The Kier molecular flexibility index (Phi) is 1.36. The Morgan fingerprint density at radius 1 is 1.58 bits per heavy atom. The van der Waals surface area contributed by atoms with Crippen molar-refractivity contribution in [2.45, 2.75) is 6.92 Å². The zero-order valence-corrected chi connectivity index (χ0v) is 6.65. The second kappa shape index (κ2) is 2.37. The lowest BCUT2D eigenvalue weighted by Gasteiger charge is -1.97. The molecule has 0 fully saturated rings. The van der Waals surface area contributed by atoms with Gasteiger partial charge in [-0.25, -0.2) is 4.98 Å². The predicted molar refractivity (Wildman–Crippen MR) is 44.9 cm³/mol. The van der Waals surface area contributed by atoms with Crippen LogP contribution in [-0.4, -0.2) is 19.7 Å². The summed E-state index contributed by atoms with van der Waals surface area (Å²) >= 11 is 0. The van der Waals surface area contributed by atoms with Crippen LogP contribution in [0, 0.1) is 6.92 Å². The van der Waals surface area contributed by atoms with Crippen LogP contribution in [0.2, 0.25) is 0 Å². The number of H-pyrrole nitrogens is 1. The summed E-state index contributed by atoms with van der Waals surface area (Å²) in [7, 11) is 0. The van der Waals surface area contributed by atoms with Crippen LogP contribution in [-0.2, 0) is 0 Å². The number of hydrogen-bond acceptors (Lipinski definition) is 3. The molecule has 0 aromatic carbocycles. The second-order valence-corrected chi connectivity index (χ2v) is 2.57. The molecule has 3 N–H and O–H groups in total. The van der Waals surface area contributed by atoms with E-state index in [4.69, 9.17) is 5.73 Å². The van der Waals surface area contributed by atoms with E-state index in [1.165, 1.54) is 0 Å². The zero-order valence-electron chi connectivity index (χ0n) is 6.65. The van der Waals surface area contributed by atoms with Gasteiger partial charge in [-0.2, -0.15) is 5.10 Å². The topological polar surface area (TPSA) is 72.5 Å². The third kappa shape index (κ3) is 0.952. The van der Waals surface area contributed by atoms with E-state index in [-0.39, 0.29) is 0 Å². The van der Waals surface area contributed by atoms with Crippen LogP contribution in [0.5, 0.6) is 0 Å². The number of rotatable bonds is 1. The highest BCUT2D eigenvalue weighted by molar-refractivity contribution is 5.36. The van der Waals surface area contributed by atoms with Crippen molar-refractivity contribution >= 4 is 5.95 Å². The summed E-state index contributed by atoms with van der Waals surface area (Å²) in [5, 5.41) is 6.53. The molecule has 0 atom stereocenters. The predicted octanol–water partition coefficient (Wildman–Crippen LogP) is 0.486. The smallest absolute Gasteiger partial charge is 0.205 e. The summed E-state index contributed by atoms with van der Waals surface area (Å²) in [5.41, 5.74) is 7.44. The fourth-order valence-corrected chi connectivity index (χ4v) is 1.10. The summed E-state index contributed by atoms with van der Waals surface area (Å²) in [5.74, 6) is 0.480. The van der Waals surface area contributed by atoms with Gasteiger partial charge in [0.05, 0.1) is 17.6 Å². The van der Waals surface area contributed by atoms with Crippen LogP contribution in [0.3, 0.4) is 0 Å². The first-order valence-electron chi connectivity index (χ1n) is 3.58. The van der Waals surface area contributed by atoms with Crippen molar-refractivity contribution in [3.8, 4) is 5.69 Å². The number of aromatic amines is 1. The van der Waals surface area contributed by atoms with Crippen molar-refractivity contribution in [1.82, 2.24) is 19.7 Å². The van der Waals surface area contributed by atoms with E-state index < -0.39 is 0 Å². The molecule has 0 saturated carbocycles. The Morgan fingerprint density at radius 3 is 2.92 bits per heavy atom. The molecule has 2 aromatic heterocycles. The number of imidazole rings is 1. The average molecular weight is 163 g/mol. The van der Waals surface area contributed by atoms with Gasteiger partial charge < -0.3 is 5.73 Å². The maximum atomic E-state index is 5.64. The number of nitrogen functional groups attached to an aromatic ring is 1. The van der Waals surface area contributed by atoms with Crippen LogP contribution in [0.4, 0.5) is 5.95 Å². The minimum atomic E-state index is 0.480. The van der Waals surface area contributed by atoms with Gasteiger partial charge in [0.15, 0.2) is 0 Å². The molecular weight excluding hydrogens is 154 g/mol. The normalized spacial score (nSPS) is 10.4. The van der Waals surface area contributed by atoms with Crippen molar-refractivity contribution in [3.63, 3.8) is 0 Å². The summed E-state index contributed by atoms with van der Waals surface area (Å²) in [6.45, 7) is 1.90. The van der Waals surface area contributed by atoms with Gasteiger partial charge in [-0.15, -0.1) is 0 Å². The van der Waals surface area contributed by atoms with E-state index in [0.717, 1.165) is 11.4 Å². The Morgan fingerprint density at radius 2 is 2.42 bits per heavy atom. The molecule has 0 spiro atoms. The molecule has 0 unspecified atom stereocenters. The number of nitrogens with two attached hydrogens (primary N) is 1. The van der Waals surface area contributed by atoms with Gasteiger partial charge in [0.1, 0.15) is 0 Å². The second-order valence-electron chi connectivity index (χ2n) is 2.57. The van der Waals surface area contributed by atoms with Crippen molar-refractivity contribution in [3.05, 3.63) is 24.3 Å². The van der Waals surface area contributed by atoms with Crippen molar-refractivity contribution in [2.24, 2.45) is 0 Å². The van der Waals surface area contributed by atoms with Crippen molar-refractivity contribution in [2.75, 3.05) is 5.73 Å². The van der Waals surface area contributed by atoms with Crippen LogP contribution < -0.4 is 5.73 Å². The van der Waals surface area contributed by atoms with Gasteiger partial charge in [-0.3, -0.25) is 9.67 Å². The van der Waals surface area contributed by atoms with Gasteiger partial charge in [-0.1, -0.05) is 0 Å². The first-order chi connectivity index (χ1) is 5.77.